The smallest absolute Gasteiger partial charge is 0.0602 e. The fourth-order valence-corrected chi connectivity index (χ4v) is 2.00. The molecule has 0 spiro atoms. The lowest BCUT2D eigenvalue weighted by atomic mass is 10.2. The maximum Gasteiger partial charge on any atom is 0.0602 e. The van der Waals surface area contributed by atoms with Gasteiger partial charge < -0.3 is 9.64 Å². The molecule has 0 atom stereocenters. The van der Waals surface area contributed by atoms with Crippen LogP contribution < -0.4 is 0 Å². The Bertz CT molecular complexity index is 126. The highest BCUT2D eigenvalue weighted by atomic mass is 35.5. The van der Waals surface area contributed by atoms with E-state index in [-0.39, 0.29) is 0 Å². The fourth-order valence-electron chi connectivity index (χ4n) is 1.89. The van der Waals surface area contributed by atoms with Gasteiger partial charge in [0, 0.05) is 18.5 Å². The van der Waals surface area contributed by atoms with Crippen molar-refractivity contribution in [2.75, 3.05) is 32.7 Å². The minimum Gasteiger partial charge on any atom is -0.379 e. The molecular formula is C10H20ClNO. The van der Waals surface area contributed by atoms with Crippen LogP contribution in [0.3, 0.4) is 0 Å². The zero-order valence-electron chi connectivity index (χ0n) is 8.47. The Hall–Kier alpha value is 0.210. The molecule has 3 heteroatoms. The Kier molecular flexibility index (Phi) is 5.76. The van der Waals surface area contributed by atoms with Crippen LogP contribution in [-0.2, 0) is 4.74 Å². The summed E-state index contributed by atoms with van der Waals surface area (Å²) in [6, 6.07) is 0.805. The first-order valence-electron chi connectivity index (χ1n) is 5.18. The van der Waals surface area contributed by atoms with E-state index in [1.807, 2.05) is 0 Å². The Morgan fingerprint density at radius 3 is 2.62 bits per heavy atom. The Labute approximate surface area is 86.2 Å². The number of rotatable bonds is 6. The largest absolute Gasteiger partial charge is 0.379 e. The molecule has 0 aromatic heterocycles. The van der Waals surface area contributed by atoms with Crippen molar-refractivity contribution in [1.29, 1.82) is 0 Å². The van der Waals surface area contributed by atoms with E-state index in [4.69, 9.17) is 16.3 Å². The van der Waals surface area contributed by atoms with E-state index in [0.29, 0.717) is 12.5 Å². The average molecular weight is 206 g/mol. The number of ether oxygens (including phenoxy) is 1. The van der Waals surface area contributed by atoms with Crippen molar-refractivity contribution < 1.29 is 4.74 Å². The normalized spacial score (nSPS) is 18.7. The number of likely N-dealkylation sites (N-methyl/N-ethyl adjacent to an activating group) is 1. The third kappa shape index (κ3) is 4.30. The van der Waals surface area contributed by atoms with Gasteiger partial charge in [-0.1, -0.05) is 12.8 Å². The van der Waals surface area contributed by atoms with Gasteiger partial charge in [-0.05, 0) is 19.9 Å². The van der Waals surface area contributed by atoms with Crippen molar-refractivity contribution in [2.24, 2.45) is 0 Å². The standard InChI is InChI=1S/C10H20ClNO/c1-12(7-9-13-8-6-11)10-4-2-3-5-10/h10H,2-9H2,1H3. The van der Waals surface area contributed by atoms with E-state index in [1.54, 1.807) is 0 Å². The summed E-state index contributed by atoms with van der Waals surface area (Å²) in [6.45, 7) is 2.54. The second-order valence-corrected chi connectivity index (χ2v) is 4.10. The van der Waals surface area contributed by atoms with Crippen molar-refractivity contribution in [1.82, 2.24) is 4.90 Å². The monoisotopic (exact) mass is 205 g/mol. The number of halogens is 1. The van der Waals surface area contributed by atoms with Gasteiger partial charge in [-0.2, -0.15) is 0 Å². The van der Waals surface area contributed by atoms with Gasteiger partial charge in [-0.25, -0.2) is 0 Å². The quantitative estimate of drug-likeness (QED) is 0.487. The lowest BCUT2D eigenvalue weighted by Gasteiger charge is -2.23. The van der Waals surface area contributed by atoms with Gasteiger partial charge >= 0.3 is 0 Å². The van der Waals surface area contributed by atoms with Crippen molar-refractivity contribution in [2.45, 2.75) is 31.7 Å². The van der Waals surface area contributed by atoms with Crippen molar-refractivity contribution in [3.63, 3.8) is 0 Å². The molecule has 0 saturated heterocycles. The molecule has 1 aliphatic rings. The van der Waals surface area contributed by atoms with E-state index in [9.17, 15) is 0 Å². The highest BCUT2D eigenvalue weighted by molar-refractivity contribution is 6.17. The molecule has 2 nitrogen and oxygen atoms in total. The molecule has 0 heterocycles. The molecule has 1 aliphatic carbocycles. The van der Waals surface area contributed by atoms with Crippen LogP contribution in [0.4, 0.5) is 0 Å². The summed E-state index contributed by atoms with van der Waals surface area (Å²) in [5.41, 5.74) is 0. The molecule has 0 unspecified atom stereocenters. The summed E-state index contributed by atoms with van der Waals surface area (Å²) in [5.74, 6) is 0.604. The number of hydrogen-bond acceptors (Lipinski definition) is 2. The summed E-state index contributed by atoms with van der Waals surface area (Å²) < 4.78 is 5.34. The van der Waals surface area contributed by atoms with Crippen LogP contribution >= 0.6 is 11.6 Å². The van der Waals surface area contributed by atoms with Gasteiger partial charge in [0.05, 0.1) is 13.2 Å². The second-order valence-electron chi connectivity index (χ2n) is 3.72. The first kappa shape index (κ1) is 11.3. The maximum absolute atomic E-state index is 5.51. The third-order valence-corrected chi connectivity index (χ3v) is 2.91. The van der Waals surface area contributed by atoms with E-state index in [1.165, 1.54) is 25.7 Å². The maximum atomic E-state index is 5.51. The predicted molar refractivity (Wildman–Crippen MR) is 56.4 cm³/mol. The molecule has 0 N–H and O–H groups in total. The minimum absolute atomic E-state index is 0.604. The van der Waals surface area contributed by atoms with Crippen molar-refractivity contribution in [3.8, 4) is 0 Å². The van der Waals surface area contributed by atoms with Gasteiger partial charge in [-0.15, -0.1) is 11.6 Å². The first-order valence-corrected chi connectivity index (χ1v) is 5.72. The van der Waals surface area contributed by atoms with E-state index in [0.717, 1.165) is 19.2 Å². The van der Waals surface area contributed by atoms with Gasteiger partial charge in [0.25, 0.3) is 0 Å². The molecule has 0 aromatic rings. The zero-order valence-corrected chi connectivity index (χ0v) is 9.22. The van der Waals surface area contributed by atoms with Gasteiger partial charge in [0.2, 0.25) is 0 Å². The fraction of sp³-hybridized carbons (Fsp3) is 1.00. The summed E-state index contributed by atoms with van der Waals surface area (Å²) in [4.78, 5) is 2.42. The summed E-state index contributed by atoms with van der Waals surface area (Å²) in [7, 11) is 2.19. The molecule has 0 aliphatic heterocycles. The number of hydrogen-bond donors (Lipinski definition) is 0. The third-order valence-electron chi connectivity index (χ3n) is 2.76. The van der Waals surface area contributed by atoms with Crippen LogP contribution in [0.15, 0.2) is 0 Å². The Morgan fingerprint density at radius 2 is 2.00 bits per heavy atom. The molecule has 0 aromatic carbocycles. The molecule has 13 heavy (non-hydrogen) atoms. The van der Waals surface area contributed by atoms with E-state index in [2.05, 4.69) is 11.9 Å². The Morgan fingerprint density at radius 1 is 1.31 bits per heavy atom. The Balaban J connectivity index is 1.99. The van der Waals surface area contributed by atoms with Crippen LogP contribution in [0.1, 0.15) is 25.7 Å². The van der Waals surface area contributed by atoms with Gasteiger partial charge in [0.15, 0.2) is 0 Å². The van der Waals surface area contributed by atoms with Gasteiger partial charge in [0.1, 0.15) is 0 Å². The zero-order chi connectivity index (χ0) is 9.52. The summed E-state index contributed by atoms with van der Waals surface area (Å²) >= 11 is 5.51. The second kappa shape index (κ2) is 6.63. The minimum atomic E-state index is 0.604. The van der Waals surface area contributed by atoms with Crippen LogP contribution in [-0.4, -0.2) is 43.6 Å². The van der Waals surface area contributed by atoms with E-state index >= 15 is 0 Å². The topological polar surface area (TPSA) is 12.5 Å². The molecule has 1 saturated carbocycles. The average Bonchev–Trinajstić information content (AvgIpc) is 2.65. The molecule has 1 rings (SSSR count). The van der Waals surface area contributed by atoms with Gasteiger partial charge in [-0.3, -0.25) is 0 Å². The van der Waals surface area contributed by atoms with Crippen molar-refractivity contribution in [3.05, 3.63) is 0 Å². The first-order chi connectivity index (χ1) is 6.34. The molecule has 78 valence electrons. The van der Waals surface area contributed by atoms with Crippen LogP contribution in [0, 0.1) is 0 Å². The van der Waals surface area contributed by atoms with E-state index < -0.39 is 0 Å². The SMILES string of the molecule is CN(CCOCCCl)C1CCCC1. The molecule has 0 amide bonds. The van der Waals surface area contributed by atoms with Crippen molar-refractivity contribution >= 4 is 11.6 Å². The summed E-state index contributed by atoms with van der Waals surface area (Å²) in [5, 5.41) is 0. The number of nitrogens with zero attached hydrogens (tertiary/aromatic N) is 1. The van der Waals surface area contributed by atoms with Crippen LogP contribution in [0.2, 0.25) is 0 Å². The molecule has 1 fully saturated rings. The predicted octanol–water partition coefficient (Wildman–Crippen LogP) is 2.12. The highest BCUT2D eigenvalue weighted by Crippen LogP contribution is 2.21. The summed E-state index contributed by atoms with van der Waals surface area (Å²) in [6.07, 6.45) is 5.53. The molecular weight excluding hydrogens is 186 g/mol. The highest BCUT2D eigenvalue weighted by Gasteiger charge is 2.18. The van der Waals surface area contributed by atoms with Crippen LogP contribution in [0.5, 0.6) is 0 Å². The molecule has 0 bridgehead atoms. The lowest BCUT2D eigenvalue weighted by molar-refractivity contribution is 0.109. The lowest BCUT2D eigenvalue weighted by Crippen LogP contribution is -2.32. The number of alkyl halides is 1. The van der Waals surface area contributed by atoms with Crippen LogP contribution in [0.25, 0.3) is 0 Å². The molecule has 0 radical (unpaired) electrons.